The molecule has 1 aliphatic rings. The lowest BCUT2D eigenvalue weighted by molar-refractivity contribution is -0.147. The zero-order valence-corrected chi connectivity index (χ0v) is 11.2. The molecule has 0 spiro atoms. The van der Waals surface area contributed by atoms with Gasteiger partial charge in [0, 0.05) is 0 Å². The van der Waals surface area contributed by atoms with E-state index in [-0.39, 0.29) is 0 Å². The van der Waals surface area contributed by atoms with Gasteiger partial charge in [-0.05, 0) is 18.4 Å². The molecule has 1 aliphatic carbocycles. The van der Waals surface area contributed by atoms with Crippen molar-refractivity contribution in [2.45, 2.75) is 56.5 Å². The Bertz CT molecular complexity index is 405. The molecule has 1 aromatic carbocycles. The Morgan fingerprint density at radius 2 is 1.53 bits per heavy atom. The van der Waals surface area contributed by atoms with Crippen molar-refractivity contribution in [2.75, 3.05) is 0 Å². The molecule has 0 unspecified atom stereocenters. The van der Waals surface area contributed by atoms with Crippen LogP contribution in [0.1, 0.15) is 56.4 Å². The van der Waals surface area contributed by atoms with Gasteiger partial charge >= 0.3 is 5.97 Å². The lowest BCUT2D eigenvalue weighted by Gasteiger charge is -2.35. The van der Waals surface area contributed by atoms with Crippen molar-refractivity contribution in [2.24, 2.45) is 0 Å². The number of aliphatic carboxylic acids is 1. The zero-order valence-electron chi connectivity index (χ0n) is 11.2. The van der Waals surface area contributed by atoms with Gasteiger partial charge in [0.2, 0.25) is 0 Å². The molecule has 1 atom stereocenters. The minimum absolute atomic E-state index is 0.582. The topological polar surface area (TPSA) is 57.5 Å². The molecule has 0 saturated heterocycles. The highest BCUT2D eigenvalue weighted by Gasteiger charge is 2.42. The van der Waals surface area contributed by atoms with Crippen LogP contribution in [0.4, 0.5) is 0 Å². The average Bonchev–Trinajstić information content (AvgIpc) is 2.35. The zero-order chi connectivity index (χ0) is 13.7. The van der Waals surface area contributed by atoms with Crippen LogP contribution in [0.25, 0.3) is 0 Å². The fourth-order valence-electron chi connectivity index (χ4n) is 3.13. The molecule has 1 saturated carbocycles. The van der Waals surface area contributed by atoms with E-state index in [0.717, 1.165) is 25.7 Å². The second-order valence-corrected chi connectivity index (χ2v) is 5.55. The van der Waals surface area contributed by atoms with Crippen LogP contribution in [0, 0.1) is 0 Å². The Labute approximate surface area is 114 Å². The summed E-state index contributed by atoms with van der Waals surface area (Å²) in [5.41, 5.74) is -0.397. The number of carbonyl (C=O) groups is 1. The van der Waals surface area contributed by atoms with E-state index in [4.69, 9.17) is 0 Å². The van der Waals surface area contributed by atoms with E-state index < -0.39 is 17.5 Å². The fourth-order valence-corrected chi connectivity index (χ4v) is 3.13. The number of rotatable bonds is 3. The van der Waals surface area contributed by atoms with Crippen LogP contribution in [0.3, 0.4) is 0 Å². The molecule has 2 N–H and O–H groups in total. The second kappa shape index (κ2) is 6.20. The van der Waals surface area contributed by atoms with E-state index in [1.165, 1.54) is 6.42 Å². The largest absolute Gasteiger partial charge is 0.481 e. The summed E-state index contributed by atoms with van der Waals surface area (Å²) in [6, 6.07) is 9.13. The van der Waals surface area contributed by atoms with Crippen LogP contribution >= 0.6 is 0 Å². The normalized spacial score (nSPS) is 21.1. The molecule has 0 radical (unpaired) electrons. The van der Waals surface area contributed by atoms with Crippen LogP contribution in [0.15, 0.2) is 30.3 Å². The summed E-state index contributed by atoms with van der Waals surface area (Å²) in [4.78, 5) is 11.6. The first-order valence-electron chi connectivity index (χ1n) is 7.14. The molecule has 0 bridgehead atoms. The molecular weight excluding hydrogens is 240 g/mol. The molecule has 0 heterocycles. The molecule has 2 rings (SSSR count). The second-order valence-electron chi connectivity index (χ2n) is 5.55. The highest BCUT2D eigenvalue weighted by Crippen LogP contribution is 2.38. The maximum absolute atomic E-state index is 11.6. The summed E-state index contributed by atoms with van der Waals surface area (Å²) < 4.78 is 0. The Morgan fingerprint density at radius 3 is 2.05 bits per heavy atom. The Balaban J connectivity index is 2.28. The van der Waals surface area contributed by atoms with Crippen molar-refractivity contribution >= 4 is 5.97 Å². The predicted molar refractivity (Wildman–Crippen MR) is 74.1 cm³/mol. The third-order valence-corrected chi connectivity index (χ3v) is 4.14. The monoisotopic (exact) mass is 262 g/mol. The number of hydrogen-bond donors (Lipinski definition) is 2. The maximum Gasteiger partial charge on any atom is 0.313 e. The number of carboxylic acids is 1. The smallest absolute Gasteiger partial charge is 0.313 e. The molecule has 3 heteroatoms. The maximum atomic E-state index is 11.6. The Kier molecular flexibility index (Phi) is 4.59. The van der Waals surface area contributed by atoms with Gasteiger partial charge in [0.25, 0.3) is 0 Å². The van der Waals surface area contributed by atoms with Crippen molar-refractivity contribution in [1.82, 2.24) is 0 Å². The van der Waals surface area contributed by atoms with Crippen molar-refractivity contribution in [3.05, 3.63) is 35.9 Å². The van der Waals surface area contributed by atoms with Crippen molar-refractivity contribution in [1.29, 1.82) is 0 Å². The van der Waals surface area contributed by atoms with Crippen LogP contribution < -0.4 is 0 Å². The molecule has 0 amide bonds. The quantitative estimate of drug-likeness (QED) is 0.878. The number of hydrogen-bond acceptors (Lipinski definition) is 2. The summed E-state index contributed by atoms with van der Waals surface area (Å²) in [6.45, 7) is 0. The van der Waals surface area contributed by atoms with E-state index >= 15 is 0 Å². The van der Waals surface area contributed by atoms with E-state index in [9.17, 15) is 15.0 Å². The summed E-state index contributed by atoms with van der Waals surface area (Å²) in [7, 11) is 0. The molecule has 19 heavy (non-hydrogen) atoms. The molecule has 0 aromatic heterocycles. The first-order chi connectivity index (χ1) is 9.13. The number of aliphatic hydroxyl groups is 1. The molecule has 0 aliphatic heterocycles. The third kappa shape index (κ3) is 3.35. The Hall–Kier alpha value is -1.35. The fraction of sp³-hybridized carbons (Fsp3) is 0.562. The molecule has 104 valence electrons. The molecule has 3 nitrogen and oxygen atoms in total. The summed E-state index contributed by atoms with van der Waals surface area (Å²) in [6.07, 6.45) is 6.35. The van der Waals surface area contributed by atoms with Crippen LogP contribution in [0.2, 0.25) is 0 Å². The van der Waals surface area contributed by atoms with Gasteiger partial charge in [-0.3, -0.25) is 4.79 Å². The van der Waals surface area contributed by atoms with Crippen LogP contribution in [0.5, 0.6) is 0 Å². The standard InChI is InChI=1S/C16H22O3/c17-15(18)14(13-9-5-4-6-10-13)16(19)11-7-2-1-3-8-12-16/h4-6,9-10,14,19H,1-3,7-8,11-12H2,(H,17,18)/t14-/m1/s1. The van der Waals surface area contributed by atoms with Gasteiger partial charge in [0.15, 0.2) is 0 Å². The lowest BCUT2D eigenvalue weighted by atomic mass is 9.74. The molecule has 1 fully saturated rings. The predicted octanol–water partition coefficient (Wildman–Crippen LogP) is 3.33. The molecular formula is C16H22O3. The van der Waals surface area contributed by atoms with Gasteiger partial charge in [-0.1, -0.05) is 62.4 Å². The van der Waals surface area contributed by atoms with Gasteiger partial charge < -0.3 is 10.2 Å². The average molecular weight is 262 g/mol. The van der Waals surface area contributed by atoms with Gasteiger partial charge in [-0.2, -0.15) is 0 Å². The lowest BCUT2D eigenvalue weighted by Crippen LogP contribution is -2.41. The van der Waals surface area contributed by atoms with Crippen LogP contribution in [-0.2, 0) is 4.79 Å². The molecule has 1 aromatic rings. The SMILES string of the molecule is O=C(O)[C@@H](c1ccccc1)C1(O)CCCCCCC1. The number of carboxylic acid groups (broad SMARTS) is 1. The van der Waals surface area contributed by atoms with Crippen molar-refractivity contribution < 1.29 is 15.0 Å². The summed E-state index contributed by atoms with van der Waals surface area (Å²) in [5, 5.41) is 20.4. The van der Waals surface area contributed by atoms with Gasteiger partial charge in [-0.15, -0.1) is 0 Å². The minimum Gasteiger partial charge on any atom is -0.481 e. The highest BCUT2D eigenvalue weighted by molar-refractivity contribution is 5.77. The first kappa shape index (κ1) is 14.1. The third-order valence-electron chi connectivity index (χ3n) is 4.14. The van der Waals surface area contributed by atoms with E-state index in [0.29, 0.717) is 18.4 Å². The van der Waals surface area contributed by atoms with Crippen molar-refractivity contribution in [3.63, 3.8) is 0 Å². The van der Waals surface area contributed by atoms with E-state index in [1.807, 2.05) is 18.2 Å². The summed E-state index contributed by atoms with van der Waals surface area (Å²) in [5.74, 6) is -1.74. The summed E-state index contributed by atoms with van der Waals surface area (Å²) >= 11 is 0. The van der Waals surface area contributed by atoms with Gasteiger partial charge in [0.05, 0.1) is 5.60 Å². The van der Waals surface area contributed by atoms with Gasteiger partial charge in [0.1, 0.15) is 5.92 Å². The minimum atomic E-state index is -1.10. The Morgan fingerprint density at radius 1 is 1.00 bits per heavy atom. The highest BCUT2D eigenvalue weighted by atomic mass is 16.4. The van der Waals surface area contributed by atoms with Gasteiger partial charge in [-0.25, -0.2) is 0 Å². The number of benzene rings is 1. The van der Waals surface area contributed by atoms with Crippen LogP contribution in [-0.4, -0.2) is 21.8 Å². The van der Waals surface area contributed by atoms with Crippen molar-refractivity contribution in [3.8, 4) is 0 Å². The van der Waals surface area contributed by atoms with E-state index in [2.05, 4.69) is 0 Å². The first-order valence-corrected chi connectivity index (χ1v) is 7.14. The van der Waals surface area contributed by atoms with E-state index in [1.54, 1.807) is 12.1 Å².